The van der Waals surface area contributed by atoms with Gasteiger partial charge in [-0.2, -0.15) is 0 Å². The fourth-order valence-corrected chi connectivity index (χ4v) is 2.31. The van der Waals surface area contributed by atoms with Gasteiger partial charge >= 0.3 is 23.9 Å². The van der Waals surface area contributed by atoms with Gasteiger partial charge in [0.2, 0.25) is 0 Å². The van der Waals surface area contributed by atoms with Crippen molar-refractivity contribution in [2.45, 2.75) is 52.1 Å². The standard InChI is InChI=1S/C15H19FO9/c1-6(17)22-5-10-11(16)12(21)14(24-8(3)19)15(25-9(4)20)13(10)23-7(2)18/h12-15,21H,5H2,1-4H3/t12-,13+,14+,15+/m1/s1. The molecule has 0 fully saturated rings. The molecule has 4 atom stereocenters. The molecule has 1 aliphatic rings. The molecule has 0 spiro atoms. The van der Waals surface area contributed by atoms with Crippen molar-refractivity contribution < 1.29 is 47.6 Å². The number of aliphatic hydroxyl groups is 1. The number of rotatable bonds is 5. The van der Waals surface area contributed by atoms with Crippen molar-refractivity contribution >= 4 is 23.9 Å². The summed E-state index contributed by atoms with van der Waals surface area (Å²) in [7, 11) is 0. The van der Waals surface area contributed by atoms with E-state index in [0.717, 1.165) is 27.7 Å². The van der Waals surface area contributed by atoms with Crippen LogP contribution in [0, 0.1) is 0 Å². The van der Waals surface area contributed by atoms with Crippen LogP contribution in [0.3, 0.4) is 0 Å². The molecule has 0 saturated heterocycles. The Kier molecular flexibility index (Phi) is 7.04. The van der Waals surface area contributed by atoms with Crippen molar-refractivity contribution in [1.82, 2.24) is 0 Å². The highest BCUT2D eigenvalue weighted by molar-refractivity contribution is 5.69. The Hall–Kier alpha value is -2.49. The fraction of sp³-hybridized carbons (Fsp3) is 0.600. The monoisotopic (exact) mass is 362 g/mol. The first-order valence-corrected chi connectivity index (χ1v) is 7.26. The van der Waals surface area contributed by atoms with Crippen LogP contribution in [-0.2, 0) is 38.1 Å². The van der Waals surface area contributed by atoms with Crippen LogP contribution < -0.4 is 0 Å². The summed E-state index contributed by atoms with van der Waals surface area (Å²) in [6, 6.07) is 0. The third kappa shape index (κ3) is 5.52. The second kappa shape index (κ2) is 8.56. The van der Waals surface area contributed by atoms with Crippen molar-refractivity contribution in [3.8, 4) is 0 Å². The normalized spacial score (nSPS) is 25.8. The zero-order valence-corrected chi connectivity index (χ0v) is 14.1. The molecule has 0 bridgehead atoms. The smallest absolute Gasteiger partial charge is 0.303 e. The van der Waals surface area contributed by atoms with E-state index in [9.17, 15) is 28.7 Å². The number of carbonyl (C=O) groups is 4. The van der Waals surface area contributed by atoms with E-state index in [1.54, 1.807) is 0 Å². The number of aliphatic hydroxyl groups excluding tert-OH is 1. The summed E-state index contributed by atoms with van der Waals surface area (Å²) in [6.07, 6.45) is -6.71. The largest absolute Gasteiger partial charge is 0.461 e. The van der Waals surface area contributed by atoms with Crippen LogP contribution in [0.5, 0.6) is 0 Å². The zero-order chi connectivity index (χ0) is 19.3. The van der Waals surface area contributed by atoms with E-state index >= 15 is 0 Å². The minimum Gasteiger partial charge on any atom is -0.461 e. The quantitative estimate of drug-likeness (QED) is 0.529. The fourth-order valence-electron chi connectivity index (χ4n) is 2.31. The van der Waals surface area contributed by atoms with Gasteiger partial charge in [0, 0.05) is 33.3 Å². The highest BCUT2D eigenvalue weighted by atomic mass is 19.1. The van der Waals surface area contributed by atoms with Gasteiger partial charge in [0.15, 0.2) is 18.3 Å². The molecular formula is C15H19FO9. The Morgan fingerprint density at radius 2 is 1.36 bits per heavy atom. The Morgan fingerprint density at radius 3 is 1.80 bits per heavy atom. The van der Waals surface area contributed by atoms with Crippen LogP contribution >= 0.6 is 0 Å². The number of halogens is 1. The summed E-state index contributed by atoms with van der Waals surface area (Å²) in [5, 5.41) is 10.1. The molecule has 1 N–H and O–H groups in total. The maximum atomic E-state index is 14.5. The lowest BCUT2D eigenvalue weighted by molar-refractivity contribution is -0.192. The van der Waals surface area contributed by atoms with E-state index in [1.807, 2.05) is 0 Å². The van der Waals surface area contributed by atoms with E-state index < -0.39 is 66.3 Å². The van der Waals surface area contributed by atoms with Crippen molar-refractivity contribution in [3.05, 3.63) is 11.4 Å². The molecule has 0 aliphatic heterocycles. The van der Waals surface area contributed by atoms with Crippen LogP contribution in [0.2, 0.25) is 0 Å². The lowest BCUT2D eigenvalue weighted by Gasteiger charge is -2.39. The third-order valence-corrected chi connectivity index (χ3v) is 3.17. The molecular weight excluding hydrogens is 343 g/mol. The lowest BCUT2D eigenvalue weighted by atomic mass is 9.88. The molecule has 0 aromatic heterocycles. The van der Waals surface area contributed by atoms with Gasteiger partial charge in [-0.05, 0) is 0 Å². The average Bonchev–Trinajstić information content (AvgIpc) is 2.46. The van der Waals surface area contributed by atoms with Crippen LogP contribution in [-0.4, -0.2) is 60.0 Å². The Labute approximate surface area is 142 Å². The van der Waals surface area contributed by atoms with E-state index in [-0.39, 0.29) is 0 Å². The van der Waals surface area contributed by atoms with Gasteiger partial charge in [-0.15, -0.1) is 0 Å². The van der Waals surface area contributed by atoms with E-state index in [4.69, 9.17) is 18.9 Å². The van der Waals surface area contributed by atoms with Gasteiger partial charge in [-0.1, -0.05) is 0 Å². The summed E-state index contributed by atoms with van der Waals surface area (Å²) in [5.74, 6) is -4.53. The highest BCUT2D eigenvalue weighted by Crippen LogP contribution is 2.33. The second-order valence-electron chi connectivity index (χ2n) is 5.28. The van der Waals surface area contributed by atoms with Gasteiger partial charge < -0.3 is 24.1 Å². The molecule has 140 valence electrons. The lowest BCUT2D eigenvalue weighted by Crippen LogP contribution is -2.55. The molecule has 25 heavy (non-hydrogen) atoms. The molecule has 9 nitrogen and oxygen atoms in total. The number of ether oxygens (including phenoxy) is 4. The molecule has 0 unspecified atom stereocenters. The topological polar surface area (TPSA) is 125 Å². The van der Waals surface area contributed by atoms with E-state index in [2.05, 4.69) is 0 Å². The summed E-state index contributed by atoms with van der Waals surface area (Å²) >= 11 is 0. The SMILES string of the molecule is CC(=O)OCC1=C(F)[C@@H](O)[C@H](OC(C)=O)[C@@H](OC(C)=O)[C@H]1OC(C)=O. The van der Waals surface area contributed by atoms with Crippen LogP contribution in [0.25, 0.3) is 0 Å². The minimum atomic E-state index is -1.99. The molecule has 10 heteroatoms. The molecule has 0 amide bonds. The van der Waals surface area contributed by atoms with Crippen molar-refractivity contribution in [3.63, 3.8) is 0 Å². The first-order chi connectivity index (χ1) is 11.5. The Morgan fingerprint density at radius 1 is 0.880 bits per heavy atom. The molecule has 0 aromatic rings. The average molecular weight is 362 g/mol. The van der Waals surface area contributed by atoms with E-state index in [1.165, 1.54) is 0 Å². The van der Waals surface area contributed by atoms with Crippen molar-refractivity contribution in [1.29, 1.82) is 0 Å². The number of carbonyl (C=O) groups excluding carboxylic acids is 4. The summed E-state index contributed by atoms with van der Waals surface area (Å²) < 4.78 is 34.0. The molecule has 0 aromatic carbocycles. The Balaban J connectivity index is 3.36. The first kappa shape index (κ1) is 20.6. The minimum absolute atomic E-state index is 0.410. The maximum absolute atomic E-state index is 14.5. The van der Waals surface area contributed by atoms with Crippen molar-refractivity contribution in [2.24, 2.45) is 0 Å². The molecule has 0 radical (unpaired) electrons. The van der Waals surface area contributed by atoms with Crippen molar-refractivity contribution in [2.75, 3.05) is 6.61 Å². The molecule has 1 aliphatic carbocycles. The first-order valence-electron chi connectivity index (χ1n) is 7.26. The summed E-state index contributed by atoms with van der Waals surface area (Å²) in [5.41, 5.74) is -0.410. The number of hydrogen-bond donors (Lipinski definition) is 1. The highest BCUT2D eigenvalue weighted by Gasteiger charge is 2.50. The summed E-state index contributed by atoms with van der Waals surface area (Å²) in [4.78, 5) is 44.9. The predicted molar refractivity (Wildman–Crippen MR) is 77.4 cm³/mol. The van der Waals surface area contributed by atoms with Gasteiger partial charge in [-0.25, -0.2) is 4.39 Å². The second-order valence-corrected chi connectivity index (χ2v) is 5.28. The molecule has 0 heterocycles. The Bertz CT molecular complexity index is 598. The van der Waals surface area contributed by atoms with Gasteiger partial charge in [0.25, 0.3) is 0 Å². The van der Waals surface area contributed by atoms with E-state index in [0.29, 0.717) is 0 Å². The van der Waals surface area contributed by atoms with Gasteiger partial charge in [-0.3, -0.25) is 19.2 Å². The van der Waals surface area contributed by atoms with Crippen LogP contribution in [0.1, 0.15) is 27.7 Å². The number of hydrogen-bond acceptors (Lipinski definition) is 9. The zero-order valence-electron chi connectivity index (χ0n) is 14.1. The van der Waals surface area contributed by atoms with Gasteiger partial charge in [0.05, 0.1) is 0 Å². The van der Waals surface area contributed by atoms with Crippen LogP contribution in [0.15, 0.2) is 11.4 Å². The number of esters is 4. The molecule has 0 saturated carbocycles. The predicted octanol–water partition coefficient (Wildman–Crippen LogP) is -0.0573. The van der Waals surface area contributed by atoms with Crippen LogP contribution in [0.4, 0.5) is 4.39 Å². The summed E-state index contributed by atoms with van der Waals surface area (Å²) in [6.45, 7) is 3.49. The third-order valence-electron chi connectivity index (χ3n) is 3.17. The molecule has 1 rings (SSSR count). The maximum Gasteiger partial charge on any atom is 0.303 e. The van der Waals surface area contributed by atoms with Gasteiger partial charge in [0.1, 0.15) is 18.5 Å².